The van der Waals surface area contributed by atoms with Crippen molar-refractivity contribution < 1.29 is 18.0 Å². The highest BCUT2D eigenvalue weighted by Crippen LogP contribution is 2.35. The van der Waals surface area contributed by atoms with Gasteiger partial charge in [0.1, 0.15) is 22.8 Å². The summed E-state index contributed by atoms with van der Waals surface area (Å²) in [5, 5.41) is 2.68. The molecule has 0 fully saturated rings. The van der Waals surface area contributed by atoms with Crippen LogP contribution >= 0.6 is 0 Å². The van der Waals surface area contributed by atoms with E-state index in [2.05, 4.69) is 16.9 Å². The molecule has 2 aromatic carbocycles. The maximum Gasteiger partial charge on any atom is 0.260 e. The summed E-state index contributed by atoms with van der Waals surface area (Å²) in [6.45, 7) is 5.78. The Morgan fingerprint density at radius 2 is 1.71 bits per heavy atom. The molecule has 31 heavy (non-hydrogen) atoms. The Morgan fingerprint density at radius 3 is 2.42 bits per heavy atom. The van der Waals surface area contributed by atoms with E-state index in [1.54, 1.807) is 43.6 Å². The quantitative estimate of drug-likeness (QED) is 0.281. The van der Waals surface area contributed by atoms with Gasteiger partial charge in [0, 0.05) is 34.8 Å². The molecule has 0 spiro atoms. The van der Waals surface area contributed by atoms with Gasteiger partial charge in [-0.3, -0.25) is 9.79 Å². The molecule has 1 N–H and O–H groups in total. The first-order valence-corrected chi connectivity index (χ1v) is 9.54. The van der Waals surface area contributed by atoms with Crippen molar-refractivity contribution in [2.45, 2.75) is 6.92 Å². The summed E-state index contributed by atoms with van der Waals surface area (Å²) in [5.41, 5.74) is 2.86. The van der Waals surface area contributed by atoms with Gasteiger partial charge in [0.15, 0.2) is 0 Å². The van der Waals surface area contributed by atoms with Gasteiger partial charge in [0.25, 0.3) is 5.91 Å². The lowest BCUT2D eigenvalue weighted by Crippen LogP contribution is -2.13. The highest BCUT2D eigenvalue weighted by molar-refractivity contribution is 6.15. The van der Waals surface area contributed by atoms with Crippen LogP contribution in [0.2, 0.25) is 0 Å². The first-order chi connectivity index (χ1) is 15.0. The Kier molecular flexibility index (Phi) is 5.45. The number of benzene rings is 3. The van der Waals surface area contributed by atoms with Crippen molar-refractivity contribution in [1.82, 2.24) is 0 Å². The van der Waals surface area contributed by atoms with Crippen molar-refractivity contribution in [3.05, 3.63) is 96.2 Å². The minimum absolute atomic E-state index is 0.113. The van der Waals surface area contributed by atoms with Crippen LogP contribution in [-0.4, -0.2) is 12.1 Å². The second-order valence-corrected chi connectivity index (χ2v) is 6.79. The van der Waals surface area contributed by atoms with Crippen LogP contribution in [-0.2, 0) is 0 Å². The summed E-state index contributed by atoms with van der Waals surface area (Å²) in [6, 6.07) is 13.5. The Bertz CT molecular complexity index is 1330. The first kappa shape index (κ1) is 20.2. The Hall–Kier alpha value is -4.06. The zero-order valence-electron chi connectivity index (χ0n) is 16.7. The smallest absolute Gasteiger partial charge is 0.260 e. The predicted octanol–water partition coefficient (Wildman–Crippen LogP) is 6.69. The predicted molar refractivity (Wildman–Crippen MR) is 119 cm³/mol. The number of hydrogen-bond acceptors (Lipinski definition) is 3. The molecule has 4 rings (SSSR count). The van der Waals surface area contributed by atoms with E-state index in [1.807, 2.05) is 0 Å². The molecule has 6 heteroatoms. The van der Waals surface area contributed by atoms with E-state index in [1.165, 1.54) is 30.3 Å². The highest BCUT2D eigenvalue weighted by Gasteiger charge is 2.24. The molecule has 0 radical (unpaired) electrons. The van der Waals surface area contributed by atoms with E-state index in [0.29, 0.717) is 27.9 Å². The third-order valence-corrected chi connectivity index (χ3v) is 4.80. The monoisotopic (exact) mass is 416 g/mol. The number of aliphatic imine (C=N–C) groups is 1. The zero-order chi connectivity index (χ0) is 22.0. The highest BCUT2D eigenvalue weighted by atomic mass is 19.1. The molecule has 1 amide bonds. The molecule has 2 aromatic heterocycles. The molecule has 0 aliphatic rings. The van der Waals surface area contributed by atoms with Gasteiger partial charge in [-0.2, -0.15) is 0 Å². The van der Waals surface area contributed by atoms with Gasteiger partial charge in [-0.15, -0.1) is 0 Å². The van der Waals surface area contributed by atoms with Crippen LogP contribution in [0.4, 0.5) is 14.5 Å². The zero-order valence-corrected chi connectivity index (χ0v) is 16.7. The first-order valence-electron chi connectivity index (χ1n) is 9.54. The van der Waals surface area contributed by atoms with Gasteiger partial charge < -0.3 is 9.73 Å². The number of allylic oxidation sites excluding steroid dienone is 2. The maximum absolute atomic E-state index is 14.7. The van der Waals surface area contributed by atoms with E-state index in [-0.39, 0.29) is 16.8 Å². The molecular formula is C25H18F2N2O2. The molecule has 2 heterocycles. The standard InChI is InChI=1S/C25H18F2N2O2/c1-3-28-13-12-15(2)23-21-10-11-22(31-21)24(23)25(30)29-16-8-9-18(20(27)14-16)17-6-4-5-7-19(17)26/h3-14H,2H2,1H3,(H,29,30)/b13-12-,28-3?. The molecule has 4 nitrogen and oxygen atoms in total. The summed E-state index contributed by atoms with van der Waals surface area (Å²) >= 11 is 0. The second kappa shape index (κ2) is 8.36. The van der Waals surface area contributed by atoms with Crippen molar-refractivity contribution in [3.8, 4) is 11.1 Å². The number of nitrogens with one attached hydrogen (secondary N) is 1. The SMILES string of the molecule is C=C(/C=C\N=CC)c1c(C(=O)Nc2ccc(-c3ccccc3F)c(F)c2)c2ccc1o2. The number of furan rings is 2. The number of hydrogen-bond donors (Lipinski definition) is 1. The third kappa shape index (κ3) is 3.88. The number of anilines is 1. The summed E-state index contributed by atoms with van der Waals surface area (Å²) in [7, 11) is 0. The summed E-state index contributed by atoms with van der Waals surface area (Å²) in [6.07, 6.45) is 4.88. The molecule has 0 aliphatic carbocycles. The van der Waals surface area contributed by atoms with Crippen molar-refractivity contribution in [1.29, 1.82) is 0 Å². The van der Waals surface area contributed by atoms with Crippen molar-refractivity contribution in [2.24, 2.45) is 4.99 Å². The Balaban J connectivity index is 1.62. The van der Waals surface area contributed by atoms with Gasteiger partial charge in [-0.25, -0.2) is 8.78 Å². The lowest BCUT2D eigenvalue weighted by molar-refractivity contribution is 0.102. The van der Waals surface area contributed by atoms with Gasteiger partial charge in [0.2, 0.25) is 0 Å². The van der Waals surface area contributed by atoms with Crippen LogP contribution in [0.5, 0.6) is 0 Å². The van der Waals surface area contributed by atoms with Gasteiger partial charge in [-0.05, 0) is 55.0 Å². The topological polar surface area (TPSA) is 54.6 Å². The van der Waals surface area contributed by atoms with E-state index in [0.717, 1.165) is 6.07 Å². The van der Waals surface area contributed by atoms with Crippen LogP contribution in [0.1, 0.15) is 22.8 Å². The molecule has 0 saturated heterocycles. The van der Waals surface area contributed by atoms with E-state index >= 15 is 0 Å². The number of carbonyl (C=O) groups excluding carboxylic acids is 1. The molecule has 2 bridgehead atoms. The van der Waals surface area contributed by atoms with Crippen molar-refractivity contribution in [2.75, 3.05) is 5.32 Å². The molecule has 154 valence electrons. The Labute approximate surface area is 177 Å². The summed E-state index contributed by atoms with van der Waals surface area (Å²) in [4.78, 5) is 17.0. The Morgan fingerprint density at radius 1 is 1.00 bits per heavy atom. The second-order valence-electron chi connectivity index (χ2n) is 6.79. The molecule has 4 aromatic rings. The minimum atomic E-state index is -0.645. The van der Waals surface area contributed by atoms with Crippen LogP contribution < -0.4 is 5.32 Å². The number of carbonyl (C=O) groups is 1. The lowest BCUT2D eigenvalue weighted by Gasteiger charge is -2.10. The van der Waals surface area contributed by atoms with E-state index in [4.69, 9.17) is 4.42 Å². The average Bonchev–Trinajstić information content (AvgIpc) is 3.36. The fourth-order valence-electron chi connectivity index (χ4n) is 3.38. The largest absolute Gasteiger partial charge is 0.456 e. The van der Waals surface area contributed by atoms with Gasteiger partial charge >= 0.3 is 0 Å². The molecule has 0 atom stereocenters. The number of rotatable bonds is 6. The molecular weight excluding hydrogens is 398 g/mol. The third-order valence-electron chi connectivity index (χ3n) is 4.80. The normalized spacial score (nSPS) is 11.7. The fraction of sp³-hybridized carbons (Fsp3) is 0.0400. The average molecular weight is 416 g/mol. The number of nitrogens with zero attached hydrogens (tertiary/aromatic N) is 1. The van der Waals surface area contributed by atoms with Crippen LogP contribution in [0, 0.1) is 11.6 Å². The van der Waals surface area contributed by atoms with E-state index < -0.39 is 17.5 Å². The fourth-order valence-corrected chi connectivity index (χ4v) is 3.38. The van der Waals surface area contributed by atoms with Gasteiger partial charge in [0.05, 0.1) is 5.56 Å². The molecule has 0 aliphatic heterocycles. The van der Waals surface area contributed by atoms with Gasteiger partial charge in [-0.1, -0.05) is 24.8 Å². The van der Waals surface area contributed by atoms with E-state index in [9.17, 15) is 13.6 Å². The lowest BCUT2D eigenvalue weighted by atomic mass is 10.00. The summed E-state index contributed by atoms with van der Waals surface area (Å²) < 4.78 is 34.3. The minimum Gasteiger partial charge on any atom is -0.456 e. The van der Waals surface area contributed by atoms with Crippen molar-refractivity contribution in [3.63, 3.8) is 0 Å². The van der Waals surface area contributed by atoms with Crippen LogP contribution in [0.25, 0.3) is 27.9 Å². The number of amides is 1. The van der Waals surface area contributed by atoms with Crippen LogP contribution in [0.15, 0.2) is 82.9 Å². The maximum atomic E-state index is 14.7. The summed E-state index contributed by atoms with van der Waals surface area (Å²) in [5.74, 6) is -1.63. The molecule has 0 saturated carbocycles. The number of halogens is 2. The number of fused-ring (bicyclic) bond motifs is 2. The van der Waals surface area contributed by atoms with Crippen LogP contribution in [0.3, 0.4) is 0 Å². The van der Waals surface area contributed by atoms with Crippen molar-refractivity contribution >= 4 is 34.5 Å². The molecule has 0 unspecified atom stereocenters.